The molecule has 5 nitrogen and oxygen atoms in total. The van der Waals surface area contributed by atoms with Crippen molar-refractivity contribution >= 4 is 17.2 Å². The van der Waals surface area contributed by atoms with Crippen LogP contribution in [0.2, 0.25) is 0 Å². The quantitative estimate of drug-likeness (QED) is 0.705. The molecule has 2 atom stereocenters. The summed E-state index contributed by atoms with van der Waals surface area (Å²) in [6.45, 7) is 0. The van der Waals surface area contributed by atoms with Crippen molar-refractivity contribution in [3.05, 3.63) is 59.7 Å². The number of piperidine rings is 1. The SMILES string of the molecule is O=C(c1ccc(-c2cccs2)cc1)N1C2CCC1CC(n1ccnn1)C2. The molecule has 2 saturated heterocycles. The third kappa shape index (κ3) is 2.65. The molecule has 2 aromatic heterocycles. The van der Waals surface area contributed by atoms with Gasteiger partial charge in [0.15, 0.2) is 0 Å². The average Bonchev–Trinajstić information content (AvgIpc) is 3.42. The van der Waals surface area contributed by atoms with Gasteiger partial charge < -0.3 is 4.90 Å². The van der Waals surface area contributed by atoms with E-state index in [0.717, 1.165) is 31.2 Å². The van der Waals surface area contributed by atoms with Gasteiger partial charge >= 0.3 is 0 Å². The van der Waals surface area contributed by atoms with Crippen LogP contribution in [0.1, 0.15) is 42.1 Å². The maximum atomic E-state index is 13.1. The zero-order chi connectivity index (χ0) is 17.5. The highest BCUT2D eigenvalue weighted by molar-refractivity contribution is 7.13. The molecule has 2 bridgehead atoms. The number of carbonyl (C=O) groups excluding carboxylic acids is 1. The number of aromatic nitrogens is 3. The lowest BCUT2D eigenvalue weighted by Crippen LogP contribution is -2.47. The van der Waals surface area contributed by atoms with Crippen LogP contribution in [0.3, 0.4) is 0 Å². The van der Waals surface area contributed by atoms with Crippen molar-refractivity contribution < 1.29 is 4.79 Å². The minimum absolute atomic E-state index is 0.173. The van der Waals surface area contributed by atoms with Crippen molar-refractivity contribution in [2.75, 3.05) is 0 Å². The summed E-state index contributed by atoms with van der Waals surface area (Å²) in [6.07, 6.45) is 7.79. The van der Waals surface area contributed by atoms with Crippen molar-refractivity contribution in [1.82, 2.24) is 19.9 Å². The maximum absolute atomic E-state index is 13.1. The summed E-state index contributed by atoms with van der Waals surface area (Å²) in [4.78, 5) is 16.5. The summed E-state index contributed by atoms with van der Waals surface area (Å²) in [5.41, 5.74) is 1.96. The molecule has 5 rings (SSSR count). The van der Waals surface area contributed by atoms with E-state index in [9.17, 15) is 4.79 Å². The molecule has 3 aromatic rings. The lowest BCUT2D eigenvalue weighted by atomic mass is 9.96. The second kappa shape index (κ2) is 6.36. The van der Waals surface area contributed by atoms with Crippen LogP contribution in [-0.2, 0) is 0 Å². The van der Waals surface area contributed by atoms with E-state index in [1.54, 1.807) is 17.5 Å². The molecule has 1 amide bonds. The largest absolute Gasteiger partial charge is 0.333 e. The van der Waals surface area contributed by atoms with Crippen molar-refractivity contribution in [3.8, 4) is 10.4 Å². The third-order valence-corrected chi connectivity index (χ3v) is 6.61. The summed E-state index contributed by atoms with van der Waals surface area (Å²) >= 11 is 1.72. The maximum Gasteiger partial charge on any atom is 0.254 e. The van der Waals surface area contributed by atoms with Crippen molar-refractivity contribution in [3.63, 3.8) is 0 Å². The molecule has 132 valence electrons. The van der Waals surface area contributed by atoms with Gasteiger partial charge in [-0.1, -0.05) is 23.4 Å². The molecule has 0 spiro atoms. The predicted octanol–water partition coefficient (Wildman–Crippen LogP) is 4.01. The molecule has 0 N–H and O–H groups in total. The van der Waals surface area contributed by atoms with Gasteiger partial charge in [0, 0.05) is 28.7 Å². The fourth-order valence-corrected chi connectivity index (χ4v) is 5.21. The van der Waals surface area contributed by atoms with Gasteiger partial charge in [0.05, 0.1) is 12.2 Å². The fourth-order valence-electron chi connectivity index (χ4n) is 4.48. The van der Waals surface area contributed by atoms with Crippen LogP contribution in [0.4, 0.5) is 0 Å². The number of rotatable bonds is 3. The normalized spacial score (nSPS) is 24.8. The number of benzene rings is 1. The molecule has 4 heterocycles. The molecule has 0 aliphatic carbocycles. The summed E-state index contributed by atoms with van der Waals surface area (Å²) < 4.78 is 1.96. The molecule has 0 saturated carbocycles. The lowest BCUT2D eigenvalue weighted by molar-refractivity contribution is 0.0523. The zero-order valence-corrected chi connectivity index (χ0v) is 15.2. The molecule has 0 radical (unpaired) electrons. The van der Waals surface area contributed by atoms with Gasteiger partial charge in [-0.2, -0.15) is 0 Å². The summed E-state index contributed by atoms with van der Waals surface area (Å²) in [5, 5.41) is 10.2. The molecule has 26 heavy (non-hydrogen) atoms. The monoisotopic (exact) mass is 364 g/mol. The number of hydrogen-bond acceptors (Lipinski definition) is 4. The second-order valence-corrected chi connectivity index (χ2v) is 8.11. The van der Waals surface area contributed by atoms with E-state index in [1.165, 1.54) is 10.4 Å². The molecule has 1 aromatic carbocycles. The first kappa shape index (κ1) is 15.8. The molecule has 2 aliphatic heterocycles. The van der Waals surface area contributed by atoms with Gasteiger partial charge in [0.1, 0.15) is 0 Å². The number of hydrogen-bond donors (Lipinski definition) is 0. The molecular weight excluding hydrogens is 344 g/mol. The van der Waals surface area contributed by atoms with E-state index in [-0.39, 0.29) is 5.91 Å². The zero-order valence-electron chi connectivity index (χ0n) is 14.4. The van der Waals surface area contributed by atoms with Gasteiger partial charge in [-0.05, 0) is 54.8 Å². The number of carbonyl (C=O) groups is 1. The minimum Gasteiger partial charge on any atom is -0.333 e. The Kier molecular flexibility index (Phi) is 3.85. The predicted molar refractivity (Wildman–Crippen MR) is 101 cm³/mol. The first-order valence-corrected chi connectivity index (χ1v) is 10.00. The Labute approximate surface area is 156 Å². The number of amides is 1. The van der Waals surface area contributed by atoms with Crippen molar-refractivity contribution in [2.24, 2.45) is 0 Å². The van der Waals surface area contributed by atoms with E-state index in [0.29, 0.717) is 18.1 Å². The highest BCUT2D eigenvalue weighted by atomic mass is 32.1. The Morgan fingerprint density at radius 1 is 1.04 bits per heavy atom. The number of nitrogens with zero attached hydrogens (tertiary/aromatic N) is 4. The second-order valence-electron chi connectivity index (χ2n) is 7.16. The third-order valence-electron chi connectivity index (χ3n) is 5.70. The van der Waals surface area contributed by atoms with Crippen molar-refractivity contribution in [1.29, 1.82) is 0 Å². The Bertz CT molecular complexity index is 875. The van der Waals surface area contributed by atoms with E-state index in [2.05, 4.69) is 44.9 Å². The Morgan fingerprint density at radius 2 is 1.81 bits per heavy atom. The van der Waals surface area contributed by atoms with Crippen LogP contribution < -0.4 is 0 Å². The first-order valence-electron chi connectivity index (χ1n) is 9.12. The van der Waals surface area contributed by atoms with Gasteiger partial charge in [-0.25, -0.2) is 4.68 Å². The van der Waals surface area contributed by atoms with Crippen LogP contribution >= 0.6 is 11.3 Å². The Hall–Kier alpha value is -2.47. The summed E-state index contributed by atoms with van der Waals surface area (Å²) in [6, 6.07) is 13.2. The van der Waals surface area contributed by atoms with E-state index < -0.39 is 0 Å². The van der Waals surface area contributed by atoms with Crippen LogP contribution in [0, 0.1) is 0 Å². The average molecular weight is 364 g/mol. The van der Waals surface area contributed by atoms with Crippen LogP contribution in [0.25, 0.3) is 10.4 Å². The van der Waals surface area contributed by atoms with Crippen LogP contribution in [0.15, 0.2) is 54.2 Å². The molecule has 2 unspecified atom stereocenters. The van der Waals surface area contributed by atoms with Gasteiger partial charge in [0.25, 0.3) is 5.91 Å². The highest BCUT2D eigenvalue weighted by Gasteiger charge is 2.44. The Morgan fingerprint density at radius 3 is 2.42 bits per heavy atom. The minimum atomic E-state index is 0.173. The van der Waals surface area contributed by atoms with Crippen LogP contribution in [0.5, 0.6) is 0 Å². The topological polar surface area (TPSA) is 51.0 Å². The summed E-state index contributed by atoms with van der Waals surface area (Å²) in [7, 11) is 0. The van der Waals surface area contributed by atoms with E-state index >= 15 is 0 Å². The highest BCUT2D eigenvalue weighted by Crippen LogP contribution is 2.41. The molecule has 6 heteroatoms. The van der Waals surface area contributed by atoms with Gasteiger partial charge in [0.2, 0.25) is 0 Å². The van der Waals surface area contributed by atoms with E-state index in [4.69, 9.17) is 0 Å². The van der Waals surface area contributed by atoms with Gasteiger partial charge in [-0.15, -0.1) is 16.4 Å². The number of fused-ring (bicyclic) bond motifs is 2. The van der Waals surface area contributed by atoms with Crippen molar-refractivity contribution in [2.45, 2.75) is 43.8 Å². The van der Waals surface area contributed by atoms with E-state index in [1.807, 2.05) is 23.0 Å². The smallest absolute Gasteiger partial charge is 0.254 e. The van der Waals surface area contributed by atoms with Crippen LogP contribution in [-0.4, -0.2) is 37.9 Å². The standard InChI is InChI=1S/C20H20N4OS/c25-20(15-5-3-14(4-6-15)19-2-1-11-26-19)24-16-7-8-17(24)13-18(12-16)23-10-9-21-22-23/h1-6,9-11,16-18H,7-8,12-13H2. The number of thiophene rings is 1. The lowest BCUT2D eigenvalue weighted by Gasteiger charge is -2.39. The van der Waals surface area contributed by atoms with Gasteiger partial charge in [-0.3, -0.25) is 4.79 Å². The fraction of sp³-hybridized carbons (Fsp3) is 0.350. The molecular formula is C20H20N4OS. The molecule has 2 fully saturated rings. The molecule has 2 aliphatic rings. The first-order chi connectivity index (χ1) is 12.8. The summed E-state index contributed by atoms with van der Waals surface area (Å²) in [5.74, 6) is 0.173. The Balaban J connectivity index is 1.35.